The van der Waals surface area contributed by atoms with Gasteiger partial charge in [-0.05, 0) is 42.5 Å². The van der Waals surface area contributed by atoms with Crippen LogP contribution in [0.5, 0.6) is 0 Å². The van der Waals surface area contributed by atoms with E-state index >= 15 is 0 Å². The van der Waals surface area contributed by atoms with Gasteiger partial charge in [0, 0.05) is 0 Å². The third-order valence-corrected chi connectivity index (χ3v) is 4.83. The molecule has 134 valence electrons. The van der Waals surface area contributed by atoms with Crippen molar-refractivity contribution in [1.82, 2.24) is 0 Å². The molecular weight excluding hydrogens is 383 g/mol. The minimum atomic E-state index is -4.58. The van der Waals surface area contributed by atoms with Crippen molar-refractivity contribution in [2.75, 3.05) is 11.8 Å². The number of carbonyl (C=O) groups excluding carboxylic acids is 1. The zero-order valence-corrected chi connectivity index (χ0v) is 14.2. The highest BCUT2D eigenvalue weighted by Gasteiger charge is 2.30. The molecule has 0 bridgehead atoms. The Morgan fingerprint density at radius 2 is 1.72 bits per heavy atom. The molecule has 0 aromatic heterocycles. The second kappa shape index (κ2) is 6.93. The molecule has 0 heterocycles. The minimum Gasteiger partial charge on any atom is -0.465 e. The standard InChI is InChI=1S/C15H11ClF3NO4S/c1-24-14(21)9-2-7-12(16)13(8-9)20-25(22,23)11-5-3-10(4-6-11)15(17,18)19/h2-8,20H,1H3. The van der Waals surface area contributed by atoms with Gasteiger partial charge in [-0.1, -0.05) is 11.6 Å². The lowest BCUT2D eigenvalue weighted by Gasteiger charge is -2.12. The molecule has 0 amide bonds. The third-order valence-electron chi connectivity index (χ3n) is 3.12. The third kappa shape index (κ3) is 4.43. The predicted octanol–water partition coefficient (Wildman–Crippen LogP) is 3.95. The number of nitrogens with one attached hydrogen (secondary N) is 1. The first-order chi connectivity index (χ1) is 11.5. The number of hydrogen-bond acceptors (Lipinski definition) is 4. The van der Waals surface area contributed by atoms with E-state index in [-0.39, 0.29) is 21.2 Å². The van der Waals surface area contributed by atoms with E-state index in [0.717, 1.165) is 25.3 Å². The van der Waals surface area contributed by atoms with Crippen LogP contribution in [0, 0.1) is 0 Å². The lowest BCUT2D eigenvalue weighted by atomic mass is 10.2. The van der Waals surface area contributed by atoms with E-state index in [0.29, 0.717) is 12.1 Å². The molecule has 10 heteroatoms. The summed E-state index contributed by atoms with van der Waals surface area (Å²) in [7, 11) is -3.05. The summed E-state index contributed by atoms with van der Waals surface area (Å²) in [6.07, 6.45) is -4.58. The van der Waals surface area contributed by atoms with Crippen molar-refractivity contribution in [3.8, 4) is 0 Å². The van der Waals surface area contributed by atoms with Crippen LogP contribution in [0.4, 0.5) is 18.9 Å². The first kappa shape index (κ1) is 19.1. The molecule has 0 aliphatic heterocycles. The van der Waals surface area contributed by atoms with E-state index in [9.17, 15) is 26.4 Å². The van der Waals surface area contributed by atoms with Crippen LogP contribution in [0.25, 0.3) is 0 Å². The molecule has 0 saturated heterocycles. The molecule has 0 aliphatic rings. The van der Waals surface area contributed by atoms with E-state index in [1.165, 1.54) is 12.1 Å². The van der Waals surface area contributed by atoms with Crippen LogP contribution in [0.3, 0.4) is 0 Å². The topological polar surface area (TPSA) is 72.5 Å². The Balaban J connectivity index is 2.34. The van der Waals surface area contributed by atoms with Gasteiger partial charge in [0.2, 0.25) is 0 Å². The van der Waals surface area contributed by atoms with Gasteiger partial charge in [0.25, 0.3) is 10.0 Å². The fourth-order valence-electron chi connectivity index (χ4n) is 1.88. The largest absolute Gasteiger partial charge is 0.465 e. The number of alkyl halides is 3. The zero-order valence-electron chi connectivity index (χ0n) is 12.6. The van der Waals surface area contributed by atoms with Crippen molar-refractivity contribution < 1.29 is 31.1 Å². The van der Waals surface area contributed by atoms with Crippen molar-refractivity contribution in [3.05, 3.63) is 58.6 Å². The van der Waals surface area contributed by atoms with Crippen LogP contribution < -0.4 is 4.72 Å². The molecule has 0 saturated carbocycles. The van der Waals surface area contributed by atoms with Gasteiger partial charge < -0.3 is 4.74 Å². The highest BCUT2D eigenvalue weighted by Crippen LogP contribution is 2.31. The van der Waals surface area contributed by atoms with Crippen molar-refractivity contribution in [3.63, 3.8) is 0 Å². The second-order valence-electron chi connectivity index (χ2n) is 4.81. The number of methoxy groups -OCH3 is 1. The number of hydrogen-bond donors (Lipinski definition) is 1. The molecule has 0 aliphatic carbocycles. The Labute approximate surface area is 146 Å². The lowest BCUT2D eigenvalue weighted by molar-refractivity contribution is -0.137. The molecule has 2 aromatic carbocycles. The van der Waals surface area contributed by atoms with Crippen LogP contribution in [-0.2, 0) is 20.9 Å². The molecule has 5 nitrogen and oxygen atoms in total. The summed E-state index contributed by atoms with van der Waals surface area (Å²) in [6, 6.07) is 6.74. The summed E-state index contributed by atoms with van der Waals surface area (Å²) in [5.74, 6) is -0.702. The van der Waals surface area contributed by atoms with Gasteiger partial charge in [-0.25, -0.2) is 13.2 Å². The number of sulfonamides is 1. The van der Waals surface area contributed by atoms with Gasteiger partial charge in [0.1, 0.15) is 0 Å². The van der Waals surface area contributed by atoms with E-state index < -0.39 is 27.7 Å². The summed E-state index contributed by atoms with van der Waals surface area (Å²) in [4.78, 5) is 11.1. The van der Waals surface area contributed by atoms with Crippen LogP contribution >= 0.6 is 11.6 Å². The summed E-state index contributed by atoms with van der Waals surface area (Å²) in [6.45, 7) is 0. The summed E-state index contributed by atoms with van der Waals surface area (Å²) < 4.78 is 68.9. The number of rotatable bonds is 4. The van der Waals surface area contributed by atoms with Crippen molar-refractivity contribution in [2.45, 2.75) is 11.1 Å². The van der Waals surface area contributed by atoms with E-state index in [1.54, 1.807) is 0 Å². The Kier molecular flexibility index (Phi) is 5.28. The zero-order chi connectivity index (χ0) is 18.8. The average molecular weight is 394 g/mol. The van der Waals surface area contributed by atoms with E-state index in [2.05, 4.69) is 9.46 Å². The quantitative estimate of drug-likeness (QED) is 0.798. The summed E-state index contributed by atoms with van der Waals surface area (Å²) >= 11 is 5.89. The van der Waals surface area contributed by atoms with Gasteiger partial charge >= 0.3 is 12.1 Å². The molecule has 0 radical (unpaired) electrons. The first-order valence-electron chi connectivity index (χ1n) is 6.62. The van der Waals surface area contributed by atoms with Crippen molar-refractivity contribution in [1.29, 1.82) is 0 Å². The number of carbonyl (C=O) groups is 1. The Bertz CT molecular complexity index is 896. The fraction of sp³-hybridized carbons (Fsp3) is 0.133. The second-order valence-corrected chi connectivity index (χ2v) is 6.90. The normalized spacial score (nSPS) is 11.9. The molecule has 0 unspecified atom stereocenters. The predicted molar refractivity (Wildman–Crippen MR) is 85.0 cm³/mol. The fourth-order valence-corrected chi connectivity index (χ4v) is 3.17. The van der Waals surface area contributed by atoms with Crippen molar-refractivity contribution in [2.24, 2.45) is 0 Å². The molecule has 0 atom stereocenters. The van der Waals surface area contributed by atoms with Crippen LogP contribution in [0.15, 0.2) is 47.4 Å². The molecule has 0 fully saturated rings. The Morgan fingerprint density at radius 1 is 1.12 bits per heavy atom. The number of anilines is 1. The number of halogens is 4. The van der Waals surface area contributed by atoms with Gasteiger partial charge in [-0.2, -0.15) is 13.2 Å². The SMILES string of the molecule is COC(=O)c1ccc(Cl)c(NS(=O)(=O)c2ccc(C(F)(F)F)cc2)c1. The Morgan fingerprint density at radius 3 is 2.24 bits per heavy atom. The average Bonchev–Trinajstić information content (AvgIpc) is 2.55. The summed E-state index contributed by atoms with van der Waals surface area (Å²) in [5, 5.41) is 0.00291. The monoisotopic (exact) mass is 393 g/mol. The summed E-state index contributed by atoms with van der Waals surface area (Å²) in [5.41, 5.74) is -1.03. The lowest BCUT2D eigenvalue weighted by Crippen LogP contribution is -2.14. The van der Waals surface area contributed by atoms with Crippen LogP contribution in [-0.4, -0.2) is 21.5 Å². The maximum atomic E-state index is 12.5. The Hall–Kier alpha value is -2.26. The van der Waals surface area contributed by atoms with Gasteiger partial charge in [-0.15, -0.1) is 0 Å². The minimum absolute atomic E-state index is 0.00291. The molecule has 2 rings (SSSR count). The van der Waals surface area contributed by atoms with Gasteiger partial charge in [0.05, 0.1) is 33.8 Å². The maximum Gasteiger partial charge on any atom is 0.416 e. The molecule has 1 N–H and O–H groups in total. The van der Waals surface area contributed by atoms with Gasteiger partial charge in [0.15, 0.2) is 0 Å². The number of esters is 1. The highest BCUT2D eigenvalue weighted by molar-refractivity contribution is 7.92. The smallest absolute Gasteiger partial charge is 0.416 e. The molecule has 0 spiro atoms. The van der Waals surface area contributed by atoms with Gasteiger partial charge in [-0.3, -0.25) is 4.72 Å². The molecular formula is C15H11ClF3NO4S. The number of ether oxygens (including phenoxy) is 1. The molecule has 25 heavy (non-hydrogen) atoms. The van der Waals surface area contributed by atoms with Crippen LogP contribution in [0.2, 0.25) is 5.02 Å². The first-order valence-corrected chi connectivity index (χ1v) is 8.48. The maximum absolute atomic E-state index is 12.5. The number of benzene rings is 2. The van der Waals surface area contributed by atoms with Crippen LogP contribution in [0.1, 0.15) is 15.9 Å². The highest BCUT2D eigenvalue weighted by atomic mass is 35.5. The van der Waals surface area contributed by atoms with Crippen molar-refractivity contribution >= 4 is 33.3 Å². The van der Waals surface area contributed by atoms with E-state index in [4.69, 9.17) is 11.6 Å². The van der Waals surface area contributed by atoms with E-state index in [1.807, 2.05) is 0 Å². The molecule has 2 aromatic rings.